The lowest BCUT2D eigenvalue weighted by Crippen LogP contribution is -2.20. The Labute approximate surface area is 195 Å². The molecule has 0 amide bonds. The Kier molecular flexibility index (Phi) is 6.29. The van der Waals surface area contributed by atoms with E-state index in [-0.39, 0.29) is 5.56 Å². The van der Waals surface area contributed by atoms with Gasteiger partial charge in [0.1, 0.15) is 18.2 Å². The van der Waals surface area contributed by atoms with E-state index in [2.05, 4.69) is 48.6 Å². The average molecular weight is 574 g/mol. The van der Waals surface area contributed by atoms with Crippen LogP contribution in [0.3, 0.4) is 0 Å². The van der Waals surface area contributed by atoms with Crippen molar-refractivity contribution < 1.29 is 4.74 Å². The summed E-state index contributed by atoms with van der Waals surface area (Å²) in [5, 5.41) is 4.90. The number of ether oxygens (including phenoxy) is 1. The first kappa shape index (κ1) is 20.7. The van der Waals surface area contributed by atoms with Crippen LogP contribution in [-0.4, -0.2) is 15.9 Å². The molecule has 0 fully saturated rings. The minimum atomic E-state index is -0.201. The Morgan fingerprint density at radius 1 is 1.13 bits per heavy atom. The first-order chi connectivity index (χ1) is 14.5. The average Bonchev–Trinajstić information content (AvgIpc) is 2.74. The summed E-state index contributed by atoms with van der Waals surface area (Å²) in [4.78, 5) is 17.3. The second-order valence-electron chi connectivity index (χ2n) is 6.65. The van der Waals surface area contributed by atoms with Gasteiger partial charge in [-0.3, -0.25) is 4.79 Å². The fraction of sp³-hybridized carbons (Fsp3) is 0.0870. The zero-order valence-corrected chi connectivity index (χ0v) is 19.8. The molecule has 0 radical (unpaired) electrons. The van der Waals surface area contributed by atoms with Crippen LogP contribution < -0.4 is 10.3 Å². The molecule has 0 bridgehead atoms. The summed E-state index contributed by atoms with van der Waals surface area (Å²) >= 11 is 5.64. The molecule has 1 aromatic heterocycles. The summed E-state index contributed by atoms with van der Waals surface area (Å²) in [7, 11) is 0. The van der Waals surface area contributed by atoms with Crippen molar-refractivity contribution in [3.63, 3.8) is 0 Å². The van der Waals surface area contributed by atoms with E-state index in [0.29, 0.717) is 23.3 Å². The molecule has 4 rings (SSSR count). The van der Waals surface area contributed by atoms with Crippen LogP contribution in [0.1, 0.15) is 17.0 Å². The van der Waals surface area contributed by atoms with E-state index in [1.54, 1.807) is 19.2 Å². The SMILES string of the molecule is Cc1nc2ccc(Br)cc2c(=O)n1N=Cc1ccc(OCc2ccccc2)c(I)c1. The van der Waals surface area contributed by atoms with Crippen molar-refractivity contribution in [2.75, 3.05) is 0 Å². The van der Waals surface area contributed by atoms with E-state index in [1.807, 2.05) is 60.7 Å². The van der Waals surface area contributed by atoms with Crippen molar-refractivity contribution in [1.82, 2.24) is 9.66 Å². The predicted octanol–water partition coefficient (Wildman–Crippen LogP) is 5.53. The van der Waals surface area contributed by atoms with Crippen molar-refractivity contribution in [2.45, 2.75) is 13.5 Å². The number of rotatable bonds is 5. The van der Waals surface area contributed by atoms with Gasteiger partial charge in [-0.25, -0.2) is 4.98 Å². The highest BCUT2D eigenvalue weighted by Crippen LogP contribution is 2.23. The molecule has 0 spiro atoms. The van der Waals surface area contributed by atoms with E-state index < -0.39 is 0 Å². The van der Waals surface area contributed by atoms with E-state index in [9.17, 15) is 4.79 Å². The maximum atomic E-state index is 12.8. The topological polar surface area (TPSA) is 56.5 Å². The third-order valence-electron chi connectivity index (χ3n) is 4.49. The summed E-state index contributed by atoms with van der Waals surface area (Å²) in [5.41, 5.74) is 2.44. The van der Waals surface area contributed by atoms with Crippen molar-refractivity contribution in [3.05, 3.63) is 102 Å². The predicted molar refractivity (Wildman–Crippen MR) is 131 cm³/mol. The molecular weight excluding hydrogens is 557 g/mol. The number of hydrogen-bond acceptors (Lipinski definition) is 4. The number of hydrogen-bond donors (Lipinski definition) is 0. The molecule has 0 aliphatic carbocycles. The zero-order chi connectivity index (χ0) is 21.1. The monoisotopic (exact) mass is 573 g/mol. The summed E-state index contributed by atoms with van der Waals surface area (Å²) in [6.45, 7) is 2.28. The van der Waals surface area contributed by atoms with Gasteiger partial charge in [-0.2, -0.15) is 9.78 Å². The molecule has 30 heavy (non-hydrogen) atoms. The largest absolute Gasteiger partial charge is 0.488 e. The van der Waals surface area contributed by atoms with Crippen LogP contribution in [-0.2, 0) is 6.61 Å². The minimum Gasteiger partial charge on any atom is -0.488 e. The maximum absolute atomic E-state index is 12.8. The van der Waals surface area contributed by atoms with Crippen LogP contribution in [0.4, 0.5) is 0 Å². The second kappa shape index (κ2) is 9.09. The number of aryl methyl sites for hydroxylation is 1. The lowest BCUT2D eigenvalue weighted by atomic mass is 10.2. The highest BCUT2D eigenvalue weighted by atomic mass is 127. The minimum absolute atomic E-state index is 0.201. The smallest absolute Gasteiger partial charge is 0.282 e. The molecule has 3 aromatic carbocycles. The fourth-order valence-electron chi connectivity index (χ4n) is 2.97. The molecular formula is C23H17BrIN3O2. The van der Waals surface area contributed by atoms with Crippen LogP contribution in [0.15, 0.2) is 81.1 Å². The van der Waals surface area contributed by atoms with E-state index in [0.717, 1.165) is 24.9 Å². The number of nitrogens with zero attached hydrogens (tertiary/aromatic N) is 3. The highest BCUT2D eigenvalue weighted by Gasteiger charge is 2.08. The Bertz CT molecular complexity index is 1300. The molecule has 0 saturated heterocycles. The van der Waals surface area contributed by atoms with Gasteiger partial charge in [0.15, 0.2) is 0 Å². The van der Waals surface area contributed by atoms with Crippen molar-refractivity contribution >= 4 is 55.6 Å². The van der Waals surface area contributed by atoms with Crippen LogP contribution in [0.25, 0.3) is 10.9 Å². The first-order valence-electron chi connectivity index (χ1n) is 9.21. The first-order valence-corrected chi connectivity index (χ1v) is 11.1. The fourth-order valence-corrected chi connectivity index (χ4v) is 4.03. The summed E-state index contributed by atoms with van der Waals surface area (Å²) in [6.07, 6.45) is 1.66. The van der Waals surface area contributed by atoms with Gasteiger partial charge in [-0.05, 0) is 77.0 Å². The number of fused-ring (bicyclic) bond motifs is 1. The van der Waals surface area contributed by atoms with E-state index in [1.165, 1.54) is 4.68 Å². The molecule has 0 saturated carbocycles. The molecule has 1 heterocycles. The van der Waals surface area contributed by atoms with Crippen molar-refractivity contribution in [3.8, 4) is 5.75 Å². The lowest BCUT2D eigenvalue weighted by molar-refractivity contribution is 0.304. The third-order valence-corrected chi connectivity index (χ3v) is 5.82. The van der Waals surface area contributed by atoms with Crippen LogP contribution in [0.2, 0.25) is 0 Å². The molecule has 4 aromatic rings. The normalized spacial score (nSPS) is 11.3. The summed E-state index contributed by atoms with van der Waals surface area (Å²) in [5.74, 6) is 1.34. The van der Waals surface area contributed by atoms with Gasteiger partial charge in [0.25, 0.3) is 5.56 Å². The van der Waals surface area contributed by atoms with Gasteiger partial charge >= 0.3 is 0 Å². The van der Waals surface area contributed by atoms with Gasteiger partial charge in [-0.15, -0.1) is 0 Å². The van der Waals surface area contributed by atoms with Gasteiger partial charge in [0.2, 0.25) is 0 Å². The van der Waals surface area contributed by atoms with Gasteiger partial charge < -0.3 is 4.74 Å². The van der Waals surface area contributed by atoms with Crippen LogP contribution in [0.5, 0.6) is 5.75 Å². The van der Waals surface area contributed by atoms with Crippen LogP contribution >= 0.6 is 38.5 Å². The molecule has 0 atom stereocenters. The molecule has 0 aliphatic rings. The van der Waals surface area contributed by atoms with Gasteiger partial charge in [-0.1, -0.05) is 46.3 Å². The molecule has 0 aliphatic heterocycles. The van der Waals surface area contributed by atoms with E-state index >= 15 is 0 Å². The maximum Gasteiger partial charge on any atom is 0.282 e. The third kappa shape index (κ3) is 4.62. The number of halogens is 2. The Hall–Kier alpha value is -2.52. The Morgan fingerprint density at radius 3 is 2.70 bits per heavy atom. The molecule has 0 unspecified atom stereocenters. The van der Waals surface area contributed by atoms with Crippen LogP contribution in [0, 0.1) is 10.5 Å². The number of aromatic nitrogens is 2. The van der Waals surface area contributed by atoms with E-state index in [4.69, 9.17) is 4.74 Å². The van der Waals surface area contributed by atoms with Crippen molar-refractivity contribution in [2.24, 2.45) is 5.10 Å². The Morgan fingerprint density at radius 2 is 1.93 bits per heavy atom. The molecule has 150 valence electrons. The lowest BCUT2D eigenvalue weighted by Gasteiger charge is -2.09. The second-order valence-corrected chi connectivity index (χ2v) is 8.72. The zero-order valence-electron chi connectivity index (χ0n) is 16.0. The van der Waals surface area contributed by atoms with Gasteiger partial charge in [0.05, 0.1) is 20.7 Å². The summed E-state index contributed by atoms with van der Waals surface area (Å²) in [6, 6.07) is 21.3. The Balaban J connectivity index is 1.57. The number of benzene rings is 3. The molecule has 7 heteroatoms. The molecule has 0 N–H and O–H groups in total. The molecule has 5 nitrogen and oxygen atoms in total. The van der Waals surface area contributed by atoms with Gasteiger partial charge in [0, 0.05) is 4.47 Å². The quantitative estimate of drug-likeness (QED) is 0.233. The summed E-state index contributed by atoms with van der Waals surface area (Å²) < 4.78 is 9.03. The standard InChI is InChI=1S/C23H17BrIN3O2/c1-15-27-21-9-8-18(24)12-19(21)23(29)28(15)26-13-17-7-10-22(20(25)11-17)30-14-16-5-3-2-4-6-16/h2-13H,14H2,1H3. The van der Waals surface area contributed by atoms with Crippen molar-refractivity contribution in [1.29, 1.82) is 0 Å². The highest BCUT2D eigenvalue weighted by molar-refractivity contribution is 14.1.